The van der Waals surface area contributed by atoms with Crippen molar-refractivity contribution in [2.75, 3.05) is 31.7 Å². The number of nitrogens with zero attached hydrogens (tertiary/aromatic N) is 4. The molecule has 7 unspecified atom stereocenters. The number of amides is 2. The number of nitrogens with one attached hydrogen (secondary N) is 1. The number of aromatic nitrogens is 2. The molecule has 3 aromatic rings. The minimum absolute atomic E-state index is 0.0643. The zero-order valence-corrected chi connectivity index (χ0v) is 30.7. The molecule has 4 aliphatic rings. The van der Waals surface area contributed by atoms with Gasteiger partial charge >= 0.3 is 0 Å². The lowest BCUT2D eigenvalue weighted by Gasteiger charge is -2.46. The van der Waals surface area contributed by atoms with E-state index in [9.17, 15) is 13.8 Å². The van der Waals surface area contributed by atoms with Gasteiger partial charge in [0.15, 0.2) is 0 Å². The van der Waals surface area contributed by atoms with E-state index in [1.165, 1.54) is 28.2 Å². The van der Waals surface area contributed by atoms with Gasteiger partial charge in [0.05, 0.1) is 35.4 Å². The van der Waals surface area contributed by atoms with Gasteiger partial charge in [-0.2, -0.15) is 5.10 Å². The number of anilines is 1. The predicted molar refractivity (Wildman–Crippen MR) is 195 cm³/mol. The second-order valence-electron chi connectivity index (χ2n) is 14.6. The summed E-state index contributed by atoms with van der Waals surface area (Å²) >= 11 is 6.46. The summed E-state index contributed by atoms with van der Waals surface area (Å²) in [6, 6.07) is 11.6. The van der Waals surface area contributed by atoms with Crippen molar-refractivity contribution in [2.45, 2.75) is 69.1 Å². The van der Waals surface area contributed by atoms with Crippen LogP contribution < -0.4 is 14.4 Å². The number of carbonyl (C=O) groups excluding carboxylic acids is 2. The Morgan fingerprint density at radius 2 is 2.02 bits per heavy atom. The van der Waals surface area contributed by atoms with Crippen LogP contribution in [-0.4, -0.2) is 64.0 Å². The Morgan fingerprint density at radius 3 is 2.76 bits per heavy atom. The van der Waals surface area contributed by atoms with Gasteiger partial charge < -0.3 is 14.4 Å². The first-order valence-electron chi connectivity index (χ1n) is 17.6. The summed E-state index contributed by atoms with van der Waals surface area (Å²) in [6.45, 7) is 5.74. The maximum atomic E-state index is 14.7. The number of hydrogen-bond acceptors (Lipinski definition) is 7. The summed E-state index contributed by atoms with van der Waals surface area (Å²) in [7, 11) is -0.130. The molecule has 266 valence electrons. The van der Waals surface area contributed by atoms with Crippen molar-refractivity contribution in [3.05, 3.63) is 88.2 Å². The zero-order valence-electron chi connectivity index (χ0n) is 29.1. The van der Waals surface area contributed by atoms with Crippen molar-refractivity contribution in [3.8, 4) is 5.75 Å². The molecule has 12 heteroatoms. The van der Waals surface area contributed by atoms with Crippen LogP contribution >= 0.6 is 11.6 Å². The maximum Gasteiger partial charge on any atom is 0.286 e. The van der Waals surface area contributed by atoms with Gasteiger partial charge in [-0.25, -0.2) is 4.21 Å². The Hall–Kier alpha value is -3.67. The lowest BCUT2D eigenvalue weighted by Crippen LogP contribution is -2.49. The lowest BCUT2D eigenvalue weighted by molar-refractivity contribution is 0.0131. The number of halogens is 1. The molecule has 1 fully saturated rings. The second-order valence-corrected chi connectivity index (χ2v) is 17.3. The molecule has 2 bridgehead atoms. The minimum atomic E-state index is -3.59. The molecule has 2 aliphatic carbocycles. The minimum Gasteiger partial charge on any atom is -0.490 e. The first-order chi connectivity index (χ1) is 24.0. The van der Waals surface area contributed by atoms with Crippen LogP contribution in [0.5, 0.6) is 5.75 Å². The van der Waals surface area contributed by atoms with Crippen molar-refractivity contribution in [3.63, 3.8) is 0 Å². The monoisotopic (exact) mass is 719 g/mol. The fourth-order valence-corrected chi connectivity index (χ4v) is 10.3. The molecule has 1 N–H and O–H groups in total. The Kier molecular flexibility index (Phi) is 9.60. The number of benzene rings is 2. The number of methoxy groups -OCH3 is 1. The van der Waals surface area contributed by atoms with Gasteiger partial charge in [-0.15, -0.1) is 4.36 Å². The fourth-order valence-electron chi connectivity index (χ4n) is 8.22. The van der Waals surface area contributed by atoms with Gasteiger partial charge in [-0.05, 0) is 105 Å². The molecule has 1 spiro atoms. The van der Waals surface area contributed by atoms with Gasteiger partial charge in [0.2, 0.25) is 0 Å². The maximum absolute atomic E-state index is 14.7. The average molecular weight is 720 g/mol. The van der Waals surface area contributed by atoms with E-state index in [0.29, 0.717) is 42.7 Å². The number of carbonyl (C=O) groups is 2. The molecular formula is C38H46ClN5O5S. The van der Waals surface area contributed by atoms with Crippen LogP contribution in [0.4, 0.5) is 5.69 Å². The van der Waals surface area contributed by atoms with E-state index >= 15 is 0 Å². The number of rotatable bonds is 3. The topological polar surface area (TPSA) is 115 Å². The van der Waals surface area contributed by atoms with E-state index in [1.54, 1.807) is 27.1 Å². The molecule has 7 rings (SSSR count). The summed E-state index contributed by atoms with van der Waals surface area (Å²) in [5.41, 5.74) is 3.62. The molecule has 0 radical (unpaired) electrons. The highest BCUT2D eigenvalue weighted by molar-refractivity contribution is 7.93. The molecule has 3 heterocycles. The molecule has 7 atom stereocenters. The summed E-state index contributed by atoms with van der Waals surface area (Å²) < 4.78 is 35.9. The smallest absolute Gasteiger partial charge is 0.286 e. The number of hydrogen-bond donors (Lipinski definition) is 1. The van der Waals surface area contributed by atoms with Gasteiger partial charge in [-0.3, -0.25) is 19.0 Å². The molecule has 10 nitrogen and oxygen atoms in total. The van der Waals surface area contributed by atoms with Gasteiger partial charge in [0.1, 0.15) is 15.7 Å². The summed E-state index contributed by atoms with van der Waals surface area (Å²) in [5, 5.41) is 4.17. The predicted octanol–water partition coefficient (Wildman–Crippen LogP) is 6.53. The highest BCUT2D eigenvalue weighted by Gasteiger charge is 2.44. The van der Waals surface area contributed by atoms with E-state index < -0.39 is 27.0 Å². The van der Waals surface area contributed by atoms with Crippen LogP contribution in [0, 0.1) is 17.8 Å². The fraction of sp³-hybridized carbons (Fsp3) is 0.500. The zero-order chi connectivity index (χ0) is 35.2. The molecule has 1 aromatic heterocycles. The molecular weight excluding hydrogens is 674 g/mol. The first-order valence-corrected chi connectivity index (χ1v) is 19.6. The quantitative estimate of drug-likeness (QED) is 0.307. The average Bonchev–Trinajstić information content (AvgIpc) is 3.47. The molecule has 2 aromatic carbocycles. The van der Waals surface area contributed by atoms with Gasteiger partial charge in [0, 0.05) is 49.4 Å². The Labute approximate surface area is 299 Å². The molecule has 0 saturated heterocycles. The lowest BCUT2D eigenvalue weighted by atomic mass is 9.68. The Balaban J connectivity index is 1.33. The van der Waals surface area contributed by atoms with E-state index in [2.05, 4.69) is 43.4 Å². The third kappa shape index (κ3) is 6.60. The summed E-state index contributed by atoms with van der Waals surface area (Å²) in [5.74, 6) is -0.000406. The molecule has 1 saturated carbocycles. The van der Waals surface area contributed by atoms with E-state index in [-0.39, 0.29) is 23.0 Å². The summed E-state index contributed by atoms with van der Waals surface area (Å²) in [4.78, 5) is 29.8. The Bertz CT molecular complexity index is 1950. The third-order valence-electron chi connectivity index (χ3n) is 11.5. The van der Waals surface area contributed by atoms with Crippen molar-refractivity contribution < 1.29 is 23.3 Å². The van der Waals surface area contributed by atoms with Gasteiger partial charge in [-0.1, -0.05) is 36.7 Å². The molecule has 2 amide bonds. The normalized spacial score (nSPS) is 31.7. The number of ether oxygens (including phenoxy) is 2. The van der Waals surface area contributed by atoms with Crippen LogP contribution in [0.1, 0.15) is 77.8 Å². The van der Waals surface area contributed by atoms with E-state index in [0.717, 1.165) is 49.4 Å². The van der Waals surface area contributed by atoms with E-state index in [1.807, 2.05) is 25.1 Å². The van der Waals surface area contributed by atoms with Crippen LogP contribution in [0.3, 0.4) is 0 Å². The largest absolute Gasteiger partial charge is 0.490 e. The molecule has 50 heavy (non-hydrogen) atoms. The standard InChI is InChI=1S/C38H46ClN5O5S/c1-24-7-5-9-34(48-4)31-13-10-28(31)21-44-22-38(16-6-8-26-17-30(39)12-14-32(26)38)23-49-35-15-11-27(18-33(35)44)36(45)41-50(47,25(24)2)42-37(46)29-19-40-43(3)20-29/h5,9,11-12,14-15,17-20,24-25,28,31,34H,6-8,10,13,16,21-23H2,1-4H3,(H,41,42,45,46,47)/b9-5+. The van der Waals surface area contributed by atoms with Crippen molar-refractivity contribution in [1.29, 1.82) is 0 Å². The Morgan fingerprint density at radius 1 is 1.18 bits per heavy atom. The molecule has 2 aliphatic heterocycles. The van der Waals surface area contributed by atoms with Crippen molar-refractivity contribution >= 4 is 39.0 Å². The highest BCUT2D eigenvalue weighted by atomic mass is 35.5. The van der Waals surface area contributed by atoms with Crippen molar-refractivity contribution in [2.24, 2.45) is 29.2 Å². The summed E-state index contributed by atoms with van der Waals surface area (Å²) in [6.07, 6.45) is 12.8. The van der Waals surface area contributed by atoms with Crippen LogP contribution in [0.15, 0.2) is 65.3 Å². The second kappa shape index (κ2) is 13.8. The van der Waals surface area contributed by atoms with E-state index in [4.69, 9.17) is 21.1 Å². The van der Waals surface area contributed by atoms with Crippen molar-refractivity contribution in [1.82, 2.24) is 14.5 Å². The third-order valence-corrected chi connectivity index (χ3v) is 14.1. The highest BCUT2D eigenvalue weighted by Crippen LogP contribution is 2.47. The van der Waals surface area contributed by atoms with Crippen LogP contribution in [0.2, 0.25) is 5.02 Å². The number of allylic oxidation sites excluding steroid dienone is 1. The SMILES string of the molecule is COC1/C=C/CC(C)C(C)S(=O)(NC(=O)c2cnn(C)c2)=NC(=O)c2ccc3c(c2)N(CC2CCC21)CC1(CCCc2cc(Cl)ccc21)CO3. The first kappa shape index (κ1) is 34.8. The number of aryl methyl sites for hydroxylation is 2. The van der Waals surface area contributed by atoms with Gasteiger partial charge in [0.25, 0.3) is 11.8 Å². The van der Waals surface area contributed by atoms with Crippen LogP contribution in [-0.2, 0) is 33.5 Å². The van der Waals surface area contributed by atoms with Crippen LogP contribution in [0.25, 0.3) is 0 Å². The number of fused-ring (bicyclic) bond motifs is 4.